The summed E-state index contributed by atoms with van der Waals surface area (Å²) in [6.07, 6.45) is 0. The maximum atomic E-state index is 9.82. The minimum atomic E-state index is 0.159. The van der Waals surface area contributed by atoms with Crippen LogP contribution in [-0.2, 0) is 11.4 Å². The number of halogens is 1. The van der Waals surface area contributed by atoms with Crippen molar-refractivity contribution in [2.45, 2.75) is 26.4 Å². The van der Waals surface area contributed by atoms with Crippen molar-refractivity contribution < 1.29 is 9.94 Å². The molecule has 0 atom stereocenters. The van der Waals surface area contributed by atoms with Crippen molar-refractivity contribution in [1.29, 1.82) is 0 Å². The second-order valence-electron chi connectivity index (χ2n) is 3.47. The molecule has 0 unspecified atom stereocenters. The largest absolute Gasteiger partial charge is 0.507 e. The predicted octanol–water partition coefficient (Wildman–Crippen LogP) is 2.56. The fourth-order valence-electron chi connectivity index (χ4n) is 1.32. The zero-order valence-corrected chi connectivity index (χ0v) is 9.01. The number of phenolic OH excluding ortho intramolecular Hbond substituents is 1. The van der Waals surface area contributed by atoms with Crippen LogP contribution in [0.1, 0.15) is 30.9 Å². The van der Waals surface area contributed by atoms with Crippen LogP contribution in [0.5, 0.6) is 5.75 Å². The summed E-state index contributed by atoms with van der Waals surface area (Å²) < 4.78 is 0. The molecule has 0 amide bonds. The number of benzene rings is 1. The van der Waals surface area contributed by atoms with Crippen LogP contribution >= 0.6 is 11.6 Å². The first-order valence-corrected chi connectivity index (χ1v) is 4.77. The molecule has 0 radical (unpaired) electrons. The Morgan fingerprint density at radius 3 is 2.64 bits per heavy atom. The van der Waals surface area contributed by atoms with E-state index in [4.69, 9.17) is 17.5 Å². The van der Waals surface area contributed by atoms with Gasteiger partial charge >= 0.3 is 0 Å². The summed E-state index contributed by atoms with van der Waals surface area (Å²) in [4.78, 5) is 4.48. The van der Waals surface area contributed by atoms with Gasteiger partial charge in [-0.05, 0) is 23.6 Å². The highest BCUT2D eigenvalue weighted by atomic mass is 35.5. The van der Waals surface area contributed by atoms with E-state index in [2.05, 4.69) is 4.84 Å². The van der Waals surface area contributed by atoms with Gasteiger partial charge in [0.15, 0.2) is 0 Å². The SMILES string of the molecule is CC(C)c1cc(Cl)cc(CON)c1O. The molecule has 0 saturated carbocycles. The van der Waals surface area contributed by atoms with Gasteiger partial charge in [0.25, 0.3) is 0 Å². The third-order valence-corrected chi connectivity index (χ3v) is 2.26. The first kappa shape index (κ1) is 11.3. The van der Waals surface area contributed by atoms with Gasteiger partial charge in [0.05, 0.1) is 6.61 Å². The van der Waals surface area contributed by atoms with Crippen molar-refractivity contribution in [1.82, 2.24) is 0 Å². The molecule has 0 aromatic heterocycles. The third-order valence-electron chi connectivity index (χ3n) is 2.04. The zero-order valence-electron chi connectivity index (χ0n) is 8.25. The van der Waals surface area contributed by atoms with Crippen molar-refractivity contribution in [3.63, 3.8) is 0 Å². The highest BCUT2D eigenvalue weighted by Gasteiger charge is 2.11. The average Bonchev–Trinajstić information content (AvgIpc) is 2.10. The first-order chi connectivity index (χ1) is 6.56. The van der Waals surface area contributed by atoms with E-state index in [1.54, 1.807) is 12.1 Å². The Morgan fingerprint density at radius 2 is 2.14 bits per heavy atom. The highest BCUT2D eigenvalue weighted by molar-refractivity contribution is 6.30. The molecule has 78 valence electrons. The monoisotopic (exact) mass is 215 g/mol. The van der Waals surface area contributed by atoms with Crippen molar-refractivity contribution >= 4 is 11.6 Å². The van der Waals surface area contributed by atoms with Gasteiger partial charge in [-0.25, -0.2) is 5.90 Å². The predicted molar refractivity (Wildman–Crippen MR) is 56.2 cm³/mol. The van der Waals surface area contributed by atoms with Crippen LogP contribution in [0.2, 0.25) is 5.02 Å². The minimum absolute atomic E-state index is 0.159. The summed E-state index contributed by atoms with van der Waals surface area (Å²) in [5, 5.41) is 10.4. The third kappa shape index (κ3) is 2.38. The van der Waals surface area contributed by atoms with E-state index in [1.165, 1.54) is 0 Å². The molecule has 0 saturated heterocycles. The van der Waals surface area contributed by atoms with Gasteiger partial charge < -0.3 is 5.11 Å². The minimum Gasteiger partial charge on any atom is -0.507 e. The van der Waals surface area contributed by atoms with Gasteiger partial charge in [-0.3, -0.25) is 4.84 Å². The summed E-state index contributed by atoms with van der Waals surface area (Å²) >= 11 is 5.89. The molecule has 0 spiro atoms. The van der Waals surface area contributed by atoms with E-state index in [0.29, 0.717) is 10.6 Å². The van der Waals surface area contributed by atoms with Gasteiger partial charge in [0.2, 0.25) is 0 Å². The molecule has 0 aliphatic heterocycles. The van der Waals surface area contributed by atoms with Crippen LogP contribution in [0.4, 0.5) is 0 Å². The molecule has 0 fully saturated rings. The molecule has 1 aromatic rings. The van der Waals surface area contributed by atoms with E-state index in [0.717, 1.165) is 5.56 Å². The fourth-order valence-corrected chi connectivity index (χ4v) is 1.57. The van der Waals surface area contributed by atoms with Crippen molar-refractivity contribution in [2.24, 2.45) is 5.90 Å². The van der Waals surface area contributed by atoms with E-state index in [9.17, 15) is 5.11 Å². The number of rotatable bonds is 3. The van der Waals surface area contributed by atoms with Crippen molar-refractivity contribution in [3.8, 4) is 5.75 Å². The van der Waals surface area contributed by atoms with Gasteiger partial charge in [0, 0.05) is 10.6 Å². The molecule has 1 rings (SSSR count). The van der Waals surface area contributed by atoms with Crippen LogP contribution in [0.3, 0.4) is 0 Å². The lowest BCUT2D eigenvalue weighted by Crippen LogP contribution is -2.01. The molecule has 3 N–H and O–H groups in total. The normalized spacial score (nSPS) is 10.9. The lowest BCUT2D eigenvalue weighted by Gasteiger charge is -2.12. The maximum absolute atomic E-state index is 9.82. The van der Waals surface area contributed by atoms with Gasteiger partial charge in [-0.1, -0.05) is 25.4 Å². The molecule has 3 nitrogen and oxygen atoms in total. The molecule has 4 heteroatoms. The topological polar surface area (TPSA) is 55.5 Å². The summed E-state index contributed by atoms with van der Waals surface area (Å²) in [5.74, 6) is 5.38. The number of hydrogen-bond donors (Lipinski definition) is 2. The highest BCUT2D eigenvalue weighted by Crippen LogP contribution is 2.32. The zero-order chi connectivity index (χ0) is 10.7. The second kappa shape index (κ2) is 4.64. The van der Waals surface area contributed by atoms with Crippen molar-refractivity contribution in [2.75, 3.05) is 0 Å². The quantitative estimate of drug-likeness (QED) is 0.762. The fraction of sp³-hybridized carbons (Fsp3) is 0.400. The summed E-state index contributed by atoms with van der Waals surface area (Å²) in [5.41, 5.74) is 1.42. The van der Waals surface area contributed by atoms with Crippen LogP contribution < -0.4 is 5.90 Å². The summed E-state index contributed by atoms with van der Waals surface area (Å²) in [6.45, 7) is 4.13. The molecular formula is C10H14ClNO2. The van der Waals surface area contributed by atoms with E-state index in [1.807, 2.05) is 13.8 Å². The van der Waals surface area contributed by atoms with Gasteiger partial charge in [0.1, 0.15) is 5.75 Å². The summed E-state index contributed by atoms with van der Waals surface area (Å²) in [7, 11) is 0. The first-order valence-electron chi connectivity index (χ1n) is 4.39. The lowest BCUT2D eigenvalue weighted by atomic mass is 9.99. The second-order valence-corrected chi connectivity index (χ2v) is 3.90. The standard InChI is InChI=1S/C10H14ClNO2/c1-6(2)9-4-8(11)3-7(5-14-12)10(9)13/h3-4,6,13H,5,12H2,1-2H3. The molecule has 0 bridgehead atoms. The van der Waals surface area contributed by atoms with Gasteiger partial charge in [-0.2, -0.15) is 0 Å². The average molecular weight is 216 g/mol. The molecule has 0 aliphatic rings. The Kier molecular flexibility index (Phi) is 3.75. The number of aromatic hydroxyl groups is 1. The van der Waals surface area contributed by atoms with Gasteiger partial charge in [-0.15, -0.1) is 0 Å². The lowest BCUT2D eigenvalue weighted by molar-refractivity contribution is 0.122. The molecule has 0 aliphatic carbocycles. The Labute approximate surface area is 88.4 Å². The van der Waals surface area contributed by atoms with Crippen molar-refractivity contribution in [3.05, 3.63) is 28.3 Å². The number of nitrogens with two attached hydrogens (primary N) is 1. The van der Waals surface area contributed by atoms with Crippen LogP contribution in [-0.4, -0.2) is 5.11 Å². The Hall–Kier alpha value is -0.770. The molecule has 14 heavy (non-hydrogen) atoms. The smallest absolute Gasteiger partial charge is 0.124 e. The van der Waals surface area contributed by atoms with Crippen LogP contribution in [0.15, 0.2) is 12.1 Å². The maximum Gasteiger partial charge on any atom is 0.124 e. The van der Waals surface area contributed by atoms with Crippen LogP contribution in [0, 0.1) is 0 Å². The van der Waals surface area contributed by atoms with E-state index in [-0.39, 0.29) is 18.3 Å². The van der Waals surface area contributed by atoms with E-state index < -0.39 is 0 Å². The number of phenols is 1. The Bertz CT molecular complexity index is 326. The Balaban J connectivity index is 3.18. The Morgan fingerprint density at radius 1 is 1.50 bits per heavy atom. The van der Waals surface area contributed by atoms with E-state index >= 15 is 0 Å². The summed E-state index contributed by atoms with van der Waals surface area (Å²) in [6, 6.07) is 3.40. The molecule has 1 aromatic carbocycles. The number of hydrogen-bond acceptors (Lipinski definition) is 3. The van der Waals surface area contributed by atoms with Crippen LogP contribution in [0.25, 0.3) is 0 Å². The molecule has 0 heterocycles. The molecular weight excluding hydrogens is 202 g/mol.